The molecule has 5 nitrogen and oxygen atoms in total. The van der Waals surface area contributed by atoms with Crippen LogP contribution in [0.4, 0.5) is 0 Å². The van der Waals surface area contributed by atoms with E-state index in [4.69, 9.17) is 17.0 Å². The van der Waals surface area contributed by atoms with Gasteiger partial charge in [0.15, 0.2) is 5.11 Å². The molecule has 1 aliphatic heterocycles. The largest absolute Gasteiger partial charge is 0.383 e. The van der Waals surface area contributed by atoms with Gasteiger partial charge in [0.05, 0.1) is 11.2 Å². The summed E-state index contributed by atoms with van der Waals surface area (Å²) in [6, 6.07) is 7.79. The highest BCUT2D eigenvalue weighted by atomic mass is 32.2. The summed E-state index contributed by atoms with van der Waals surface area (Å²) in [5.41, 5.74) is 7.14. The maximum atomic E-state index is 12.1. The van der Waals surface area contributed by atoms with Gasteiger partial charge >= 0.3 is 0 Å². The molecule has 126 valence electrons. The summed E-state index contributed by atoms with van der Waals surface area (Å²) in [6.07, 6.45) is 0. The van der Waals surface area contributed by atoms with E-state index in [0.29, 0.717) is 21.9 Å². The van der Waals surface area contributed by atoms with Crippen molar-refractivity contribution < 1.29 is 9.53 Å². The van der Waals surface area contributed by atoms with Crippen LogP contribution in [-0.2, 0) is 4.74 Å². The third-order valence-electron chi connectivity index (χ3n) is 3.15. The Bertz CT molecular complexity index is 533. The third kappa shape index (κ3) is 5.87. The fourth-order valence-corrected chi connectivity index (χ4v) is 5.19. The second kappa shape index (κ2) is 9.36. The van der Waals surface area contributed by atoms with Crippen molar-refractivity contribution in [2.24, 2.45) is 0 Å². The molecule has 1 atom stereocenters. The highest BCUT2D eigenvalue weighted by Crippen LogP contribution is 2.45. The normalized spacial score (nSPS) is 15.9. The van der Waals surface area contributed by atoms with E-state index in [1.54, 1.807) is 7.11 Å². The van der Waals surface area contributed by atoms with Gasteiger partial charge in [0, 0.05) is 30.2 Å². The molecule has 0 spiro atoms. The quantitative estimate of drug-likeness (QED) is 0.542. The van der Waals surface area contributed by atoms with E-state index in [0.717, 1.165) is 0 Å². The summed E-state index contributed by atoms with van der Waals surface area (Å²) in [5.74, 6) is 2.16. The van der Waals surface area contributed by atoms with Crippen LogP contribution in [0, 0.1) is 0 Å². The molecule has 1 amide bonds. The molecule has 0 unspecified atom stereocenters. The monoisotopic (exact) mass is 371 g/mol. The van der Waals surface area contributed by atoms with E-state index < -0.39 is 0 Å². The number of benzene rings is 1. The Morgan fingerprint density at radius 2 is 1.96 bits per heavy atom. The second-order valence-corrected chi connectivity index (χ2v) is 8.24. The highest BCUT2D eigenvalue weighted by Gasteiger charge is 2.18. The molecule has 1 aliphatic rings. The van der Waals surface area contributed by atoms with Crippen molar-refractivity contribution in [3.8, 4) is 0 Å². The molecule has 1 heterocycles. The smallest absolute Gasteiger partial charge is 0.269 e. The van der Waals surface area contributed by atoms with Crippen molar-refractivity contribution in [1.82, 2.24) is 16.2 Å². The molecule has 23 heavy (non-hydrogen) atoms. The lowest BCUT2D eigenvalue weighted by Crippen LogP contribution is -2.49. The maximum absolute atomic E-state index is 12.1. The van der Waals surface area contributed by atoms with Gasteiger partial charge in [0.25, 0.3) is 5.91 Å². The lowest BCUT2D eigenvalue weighted by atomic mass is 10.1. The summed E-state index contributed by atoms with van der Waals surface area (Å²) in [5, 5.41) is 3.37. The van der Waals surface area contributed by atoms with Crippen LogP contribution in [0.2, 0.25) is 0 Å². The van der Waals surface area contributed by atoms with Gasteiger partial charge in [-0.15, -0.1) is 23.5 Å². The molecule has 2 rings (SSSR count). The van der Waals surface area contributed by atoms with Gasteiger partial charge in [-0.2, -0.15) is 0 Å². The Balaban J connectivity index is 1.80. The molecule has 3 N–H and O–H groups in total. The van der Waals surface area contributed by atoms with Crippen molar-refractivity contribution in [2.45, 2.75) is 17.5 Å². The van der Waals surface area contributed by atoms with Crippen molar-refractivity contribution >= 4 is 46.8 Å². The van der Waals surface area contributed by atoms with Gasteiger partial charge in [-0.05, 0) is 36.8 Å². The molecule has 1 aromatic carbocycles. The average molecular weight is 372 g/mol. The zero-order chi connectivity index (χ0) is 16.7. The molecule has 1 fully saturated rings. The number of ether oxygens (including phenoxy) is 1. The van der Waals surface area contributed by atoms with Gasteiger partial charge in [-0.25, -0.2) is 0 Å². The molecular formula is C15H21N3O2S3. The van der Waals surface area contributed by atoms with E-state index in [1.807, 2.05) is 54.7 Å². The van der Waals surface area contributed by atoms with E-state index in [-0.39, 0.29) is 11.9 Å². The predicted molar refractivity (Wildman–Crippen MR) is 102 cm³/mol. The van der Waals surface area contributed by atoms with E-state index in [1.165, 1.54) is 17.1 Å². The summed E-state index contributed by atoms with van der Waals surface area (Å²) in [7, 11) is 1.63. The zero-order valence-corrected chi connectivity index (χ0v) is 15.6. The number of hydrogen-bond donors (Lipinski definition) is 3. The van der Waals surface area contributed by atoms with Crippen LogP contribution in [0.3, 0.4) is 0 Å². The first-order valence-corrected chi connectivity index (χ1v) is 9.79. The number of nitrogens with one attached hydrogen (secondary N) is 3. The molecule has 0 aliphatic carbocycles. The van der Waals surface area contributed by atoms with Crippen LogP contribution in [0.25, 0.3) is 0 Å². The fraction of sp³-hybridized carbons (Fsp3) is 0.467. The van der Waals surface area contributed by atoms with Crippen molar-refractivity contribution in [3.05, 3.63) is 35.4 Å². The van der Waals surface area contributed by atoms with E-state index >= 15 is 0 Å². The van der Waals surface area contributed by atoms with Gasteiger partial charge in [0.1, 0.15) is 0 Å². The number of hydrazine groups is 1. The minimum Gasteiger partial charge on any atom is -0.383 e. The van der Waals surface area contributed by atoms with Gasteiger partial charge in [-0.1, -0.05) is 12.1 Å². The van der Waals surface area contributed by atoms with Crippen molar-refractivity contribution in [1.29, 1.82) is 0 Å². The molecule has 0 saturated carbocycles. The first-order valence-electron chi connectivity index (χ1n) is 7.29. The van der Waals surface area contributed by atoms with Crippen LogP contribution >= 0.6 is 35.7 Å². The van der Waals surface area contributed by atoms with Crippen molar-refractivity contribution in [3.63, 3.8) is 0 Å². The lowest BCUT2D eigenvalue weighted by Gasteiger charge is -2.16. The van der Waals surface area contributed by atoms with Crippen LogP contribution in [-0.4, -0.2) is 42.3 Å². The first kappa shape index (κ1) is 18.4. The Morgan fingerprint density at radius 3 is 2.57 bits per heavy atom. The average Bonchev–Trinajstić information content (AvgIpc) is 3.07. The number of methoxy groups -OCH3 is 1. The predicted octanol–water partition coefficient (Wildman–Crippen LogP) is 2.31. The number of amides is 1. The first-order chi connectivity index (χ1) is 11.1. The molecule has 1 saturated heterocycles. The lowest BCUT2D eigenvalue weighted by molar-refractivity contribution is 0.0943. The fourth-order valence-electron chi connectivity index (χ4n) is 2.08. The molecule has 0 bridgehead atoms. The summed E-state index contributed by atoms with van der Waals surface area (Å²) in [6.45, 7) is 2.48. The summed E-state index contributed by atoms with van der Waals surface area (Å²) >= 11 is 9.00. The SMILES string of the molecule is COC[C@H](C)NC(=S)NNC(=O)c1ccc(C2SCCS2)cc1. The zero-order valence-electron chi connectivity index (χ0n) is 13.1. The van der Waals surface area contributed by atoms with Crippen LogP contribution in [0.1, 0.15) is 27.4 Å². The minimum atomic E-state index is -0.216. The number of carbonyl (C=O) groups excluding carboxylic acids is 1. The second-order valence-electron chi connectivity index (χ2n) is 5.10. The van der Waals surface area contributed by atoms with Crippen LogP contribution in [0.5, 0.6) is 0 Å². The van der Waals surface area contributed by atoms with E-state index in [2.05, 4.69) is 16.2 Å². The Hall–Kier alpha value is -0.960. The molecule has 0 radical (unpaired) electrons. The number of rotatable bonds is 5. The number of carbonyl (C=O) groups is 1. The Morgan fingerprint density at radius 1 is 1.30 bits per heavy atom. The molecule has 0 aromatic heterocycles. The van der Waals surface area contributed by atoms with Gasteiger partial charge < -0.3 is 10.1 Å². The van der Waals surface area contributed by atoms with Crippen molar-refractivity contribution in [2.75, 3.05) is 25.2 Å². The van der Waals surface area contributed by atoms with E-state index in [9.17, 15) is 4.79 Å². The summed E-state index contributed by atoms with van der Waals surface area (Å²) in [4.78, 5) is 12.1. The Kier molecular flexibility index (Phi) is 7.48. The maximum Gasteiger partial charge on any atom is 0.269 e. The number of thiocarbonyl (C=S) groups is 1. The van der Waals surface area contributed by atoms with Crippen LogP contribution < -0.4 is 16.2 Å². The topological polar surface area (TPSA) is 62.4 Å². The molecule has 1 aromatic rings. The molecular weight excluding hydrogens is 350 g/mol. The van der Waals surface area contributed by atoms with Gasteiger partial charge in [-0.3, -0.25) is 15.6 Å². The molecule has 8 heteroatoms. The number of thioether (sulfide) groups is 2. The highest BCUT2D eigenvalue weighted by molar-refractivity contribution is 8.19. The number of hydrogen-bond acceptors (Lipinski definition) is 5. The third-order valence-corrected chi connectivity index (χ3v) is 6.47. The van der Waals surface area contributed by atoms with Crippen LogP contribution in [0.15, 0.2) is 24.3 Å². The standard InChI is InChI=1S/C15H21N3O2S3/c1-10(9-20-2)16-15(21)18-17-13(19)11-3-5-12(6-4-11)14-22-7-8-23-14/h3-6,10,14H,7-9H2,1-2H3,(H,17,19)(H2,16,18,21)/t10-/m0/s1. The Labute approximate surface area is 150 Å². The minimum absolute atomic E-state index is 0.0672. The van der Waals surface area contributed by atoms with Gasteiger partial charge in [0.2, 0.25) is 0 Å². The summed E-state index contributed by atoms with van der Waals surface area (Å²) < 4.78 is 5.50.